The number of aromatic nitrogens is 1. The van der Waals surface area contributed by atoms with Gasteiger partial charge in [-0.05, 0) is 35.7 Å². The molecule has 0 saturated carbocycles. The number of rotatable bonds is 6. The zero-order valence-corrected chi connectivity index (χ0v) is 14.9. The highest BCUT2D eigenvalue weighted by Gasteiger charge is 2.28. The van der Waals surface area contributed by atoms with E-state index in [4.69, 9.17) is 16.8 Å². The molecule has 7 nitrogen and oxygen atoms in total. The third kappa shape index (κ3) is 4.91. The Morgan fingerprint density at radius 2 is 1.88 bits per heavy atom. The summed E-state index contributed by atoms with van der Waals surface area (Å²) in [5.74, 6) is -1.02. The highest BCUT2D eigenvalue weighted by molar-refractivity contribution is 7.92. The van der Waals surface area contributed by atoms with Crippen molar-refractivity contribution in [2.24, 2.45) is 0 Å². The summed E-state index contributed by atoms with van der Waals surface area (Å²) in [7, 11) is -3.71. The second kappa shape index (κ2) is 7.81. The molecule has 1 atom stereocenters. The van der Waals surface area contributed by atoms with Crippen molar-refractivity contribution in [1.29, 1.82) is 0 Å². The lowest BCUT2D eigenvalue weighted by atomic mass is 10.1. The average molecular weight is 385 g/mol. The van der Waals surface area contributed by atoms with E-state index in [9.17, 15) is 18.0 Å². The van der Waals surface area contributed by atoms with Gasteiger partial charge in [0.05, 0.1) is 0 Å². The fourth-order valence-corrected chi connectivity index (χ4v) is 3.48. The molecule has 1 heterocycles. The molecular weight excluding hydrogens is 368 g/mol. The maximum atomic E-state index is 12.2. The Kier molecular flexibility index (Phi) is 5.99. The number of halogens is 1. The topological polar surface area (TPSA) is 105 Å². The van der Waals surface area contributed by atoms with E-state index in [-0.39, 0.29) is 18.5 Å². The van der Waals surface area contributed by atoms with Crippen molar-refractivity contribution in [3.8, 4) is 11.1 Å². The van der Waals surface area contributed by atoms with E-state index in [0.717, 1.165) is 11.8 Å². The molecule has 25 heavy (non-hydrogen) atoms. The van der Waals surface area contributed by atoms with E-state index < -0.39 is 21.0 Å². The minimum absolute atomic E-state index is 0.0187. The second-order valence-electron chi connectivity index (χ2n) is 5.54. The number of nitrogens with one attached hydrogen (secondary N) is 1. The van der Waals surface area contributed by atoms with Crippen LogP contribution in [0.15, 0.2) is 47.4 Å². The Bertz CT molecular complexity index is 922. The van der Waals surface area contributed by atoms with Gasteiger partial charge in [-0.2, -0.15) is 0 Å². The van der Waals surface area contributed by atoms with Gasteiger partial charge >= 0.3 is 0 Å². The number of sulfone groups is 1. The van der Waals surface area contributed by atoms with Gasteiger partial charge in [-0.15, -0.1) is 0 Å². The molecular formula is C16H17ClN2O5S. The van der Waals surface area contributed by atoms with Crippen LogP contribution in [0.2, 0.25) is 5.02 Å². The molecule has 0 fully saturated rings. The molecule has 9 heteroatoms. The maximum Gasteiger partial charge on any atom is 0.261 e. The van der Waals surface area contributed by atoms with E-state index >= 15 is 0 Å². The van der Waals surface area contributed by atoms with Crippen LogP contribution in [0.25, 0.3) is 11.1 Å². The zero-order chi connectivity index (χ0) is 18.6. The van der Waals surface area contributed by atoms with Gasteiger partial charge in [0.15, 0.2) is 9.84 Å². The molecule has 1 aromatic carbocycles. The van der Waals surface area contributed by atoms with Crippen LogP contribution in [-0.4, -0.2) is 35.6 Å². The normalized spacial score (nSPS) is 12.6. The van der Waals surface area contributed by atoms with Crippen LogP contribution >= 0.6 is 11.6 Å². The van der Waals surface area contributed by atoms with Gasteiger partial charge in [-0.3, -0.25) is 14.8 Å². The van der Waals surface area contributed by atoms with Gasteiger partial charge in [0.2, 0.25) is 0 Å². The number of benzene rings is 1. The van der Waals surface area contributed by atoms with Crippen LogP contribution in [0.4, 0.5) is 0 Å². The molecule has 0 spiro atoms. The molecule has 0 aliphatic carbocycles. The van der Waals surface area contributed by atoms with Crippen molar-refractivity contribution in [1.82, 2.24) is 10.0 Å². The predicted octanol–water partition coefficient (Wildman–Crippen LogP) is 1.48. The third-order valence-electron chi connectivity index (χ3n) is 3.73. The number of carbonyl (C=O) groups excluding carboxylic acids is 1. The monoisotopic (exact) mass is 384 g/mol. The molecule has 0 aliphatic rings. The maximum absolute atomic E-state index is 12.2. The number of nitrogens with zero attached hydrogens (tertiary/aromatic N) is 1. The standard InChI is InChI=1S/C16H17ClN2O5S/c1-25(23,24)14(16(21)18-22)7-9-19-8-6-12(10-15(19)20)11-2-4-13(17)5-3-11/h2-6,8,10,14,22H,7,9H2,1H3,(H,18,21). The molecule has 0 saturated heterocycles. The number of hydrogen-bond acceptors (Lipinski definition) is 5. The first-order valence-corrected chi connectivity index (χ1v) is 9.65. The highest BCUT2D eigenvalue weighted by atomic mass is 35.5. The first kappa shape index (κ1) is 19.2. The number of pyridine rings is 1. The van der Waals surface area contributed by atoms with Crippen molar-refractivity contribution >= 4 is 27.3 Å². The number of amides is 1. The zero-order valence-electron chi connectivity index (χ0n) is 13.3. The Balaban J connectivity index is 2.20. The van der Waals surface area contributed by atoms with E-state index in [1.54, 1.807) is 30.3 Å². The van der Waals surface area contributed by atoms with Crippen LogP contribution in [-0.2, 0) is 21.2 Å². The van der Waals surface area contributed by atoms with Gasteiger partial charge in [0, 0.05) is 30.1 Å². The number of hydrogen-bond donors (Lipinski definition) is 2. The summed E-state index contributed by atoms with van der Waals surface area (Å²) in [5.41, 5.74) is 2.53. The lowest BCUT2D eigenvalue weighted by molar-refractivity contribution is -0.128. The first-order valence-electron chi connectivity index (χ1n) is 7.31. The Morgan fingerprint density at radius 1 is 1.24 bits per heavy atom. The lowest BCUT2D eigenvalue weighted by Gasteiger charge is -2.14. The number of carbonyl (C=O) groups is 1. The largest absolute Gasteiger partial charge is 0.315 e. The van der Waals surface area contributed by atoms with Crippen molar-refractivity contribution in [3.05, 3.63) is 58.0 Å². The van der Waals surface area contributed by atoms with Crippen LogP contribution in [0, 0.1) is 0 Å². The van der Waals surface area contributed by atoms with Crippen LogP contribution in [0.1, 0.15) is 6.42 Å². The summed E-state index contributed by atoms with van der Waals surface area (Å²) in [6.45, 7) is 0.0187. The van der Waals surface area contributed by atoms with Crippen molar-refractivity contribution in [3.63, 3.8) is 0 Å². The summed E-state index contributed by atoms with van der Waals surface area (Å²) in [6.07, 6.45) is 2.30. The molecule has 1 unspecified atom stereocenters. The summed E-state index contributed by atoms with van der Waals surface area (Å²) >= 11 is 5.84. The number of aryl methyl sites for hydroxylation is 1. The second-order valence-corrected chi connectivity index (χ2v) is 8.20. The third-order valence-corrected chi connectivity index (χ3v) is 5.46. The Morgan fingerprint density at radius 3 is 2.40 bits per heavy atom. The van der Waals surface area contributed by atoms with Gasteiger partial charge in [0.25, 0.3) is 11.5 Å². The van der Waals surface area contributed by atoms with E-state index in [0.29, 0.717) is 10.6 Å². The van der Waals surface area contributed by atoms with Crippen LogP contribution < -0.4 is 11.0 Å². The molecule has 134 valence electrons. The molecule has 0 bridgehead atoms. The summed E-state index contributed by atoms with van der Waals surface area (Å²) < 4.78 is 24.6. The van der Waals surface area contributed by atoms with Gasteiger partial charge in [0.1, 0.15) is 5.25 Å². The predicted molar refractivity (Wildman–Crippen MR) is 94.3 cm³/mol. The average Bonchev–Trinajstić information content (AvgIpc) is 2.55. The first-order chi connectivity index (χ1) is 11.7. The number of hydroxylamine groups is 1. The molecule has 2 rings (SSSR count). The van der Waals surface area contributed by atoms with Crippen molar-refractivity contribution in [2.45, 2.75) is 18.2 Å². The smallest absolute Gasteiger partial charge is 0.261 e. The quantitative estimate of drug-likeness (QED) is 0.579. The minimum Gasteiger partial charge on any atom is -0.315 e. The fourth-order valence-electron chi connectivity index (χ4n) is 2.38. The van der Waals surface area contributed by atoms with Crippen LogP contribution in [0.5, 0.6) is 0 Å². The SMILES string of the molecule is CS(=O)(=O)C(CCn1ccc(-c2ccc(Cl)cc2)cc1=O)C(=O)NO. The Labute approximate surface area is 149 Å². The highest BCUT2D eigenvalue weighted by Crippen LogP contribution is 2.20. The summed E-state index contributed by atoms with van der Waals surface area (Å²) in [4.78, 5) is 23.7. The van der Waals surface area contributed by atoms with Crippen LogP contribution in [0.3, 0.4) is 0 Å². The molecule has 0 aliphatic heterocycles. The van der Waals surface area contributed by atoms with E-state index in [1.807, 2.05) is 0 Å². The summed E-state index contributed by atoms with van der Waals surface area (Å²) in [6, 6.07) is 10.1. The molecule has 2 N–H and O–H groups in total. The molecule has 0 radical (unpaired) electrons. The molecule has 1 amide bonds. The van der Waals surface area contributed by atoms with Gasteiger partial charge in [-0.1, -0.05) is 23.7 Å². The van der Waals surface area contributed by atoms with Crippen molar-refractivity contribution in [2.75, 3.05) is 6.26 Å². The minimum atomic E-state index is -3.71. The van der Waals surface area contributed by atoms with E-state index in [1.165, 1.54) is 22.3 Å². The molecule has 1 aromatic heterocycles. The van der Waals surface area contributed by atoms with Gasteiger partial charge in [-0.25, -0.2) is 13.9 Å². The van der Waals surface area contributed by atoms with Gasteiger partial charge < -0.3 is 4.57 Å². The lowest BCUT2D eigenvalue weighted by Crippen LogP contribution is -2.39. The summed E-state index contributed by atoms with van der Waals surface area (Å²) in [5, 5.41) is 7.82. The Hall–Kier alpha value is -2.16. The van der Waals surface area contributed by atoms with Crippen molar-refractivity contribution < 1.29 is 18.4 Å². The van der Waals surface area contributed by atoms with E-state index in [2.05, 4.69) is 0 Å². The fraction of sp³-hybridized carbons (Fsp3) is 0.250. The molecule has 2 aromatic rings.